The van der Waals surface area contributed by atoms with Crippen molar-refractivity contribution in [3.05, 3.63) is 42.5 Å². The molecule has 14 heteroatoms. The predicted octanol–water partition coefficient (Wildman–Crippen LogP) is -0.977. The summed E-state index contributed by atoms with van der Waals surface area (Å²) in [5.41, 5.74) is 1.18. The van der Waals surface area contributed by atoms with Gasteiger partial charge in [-0.15, -0.1) is 0 Å². The van der Waals surface area contributed by atoms with Crippen LogP contribution in [0.15, 0.2) is 36.9 Å². The molecule has 172 valence electrons. The van der Waals surface area contributed by atoms with Crippen molar-refractivity contribution < 1.29 is 33.9 Å². The molecule has 3 aromatic rings. The zero-order valence-electron chi connectivity index (χ0n) is 16.5. The van der Waals surface area contributed by atoms with E-state index in [0.717, 1.165) is 0 Å². The normalized spacial score (nSPS) is 25.1. The van der Waals surface area contributed by atoms with Gasteiger partial charge in [0, 0.05) is 13.1 Å². The Morgan fingerprint density at radius 2 is 2.03 bits per heavy atom. The maximum absolute atomic E-state index is 10.8. The Kier molecular flexibility index (Phi) is 6.61. The van der Waals surface area contributed by atoms with Crippen LogP contribution in [0, 0.1) is 0 Å². The fourth-order valence-corrected chi connectivity index (χ4v) is 3.80. The van der Waals surface area contributed by atoms with Crippen LogP contribution in [-0.4, -0.2) is 80.1 Å². The zero-order valence-corrected chi connectivity index (χ0v) is 17.3. The van der Waals surface area contributed by atoms with Crippen LogP contribution in [0.2, 0.25) is 0 Å². The number of hydrogen-bond donors (Lipinski definition) is 7. The summed E-state index contributed by atoms with van der Waals surface area (Å²) in [5.74, 6) is 0.371. The molecule has 1 saturated heterocycles. The van der Waals surface area contributed by atoms with Crippen LogP contribution in [0.4, 0.5) is 5.82 Å². The highest BCUT2D eigenvalue weighted by Gasteiger charge is 2.44. The fourth-order valence-electron chi connectivity index (χ4n) is 3.49. The number of benzene rings is 1. The molecule has 6 atom stereocenters. The molecule has 32 heavy (non-hydrogen) atoms. The number of aliphatic hydroxyl groups excluding tert-OH is 3. The molecule has 0 amide bonds. The monoisotopic (exact) mass is 466 g/mol. The SMILES string of the molecule is O=S(O)NC[C@H]1O[C@@H](n2cnc3c(NC[C@H](O)c4cccc(O)c4)ncnc32)[C@H](O)[C@@H]1O. The maximum atomic E-state index is 10.8. The van der Waals surface area contributed by atoms with Crippen molar-refractivity contribution in [2.24, 2.45) is 0 Å². The first kappa shape index (κ1) is 22.5. The molecule has 1 aliphatic rings. The van der Waals surface area contributed by atoms with Crippen molar-refractivity contribution in [1.29, 1.82) is 0 Å². The smallest absolute Gasteiger partial charge is 0.231 e. The lowest BCUT2D eigenvalue weighted by atomic mass is 10.1. The molecule has 13 nitrogen and oxygen atoms in total. The van der Waals surface area contributed by atoms with Crippen LogP contribution >= 0.6 is 0 Å². The average molecular weight is 466 g/mol. The molecule has 1 unspecified atom stereocenters. The Bertz CT molecular complexity index is 1110. The first-order chi connectivity index (χ1) is 15.3. The largest absolute Gasteiger partial charge is 0.508 e. The average Bonchev–Trinajstić information content (AvgIpc) is 3.32. The minimum Gasteiger partial charge on any atom is -0.508 e. The number of rotatable bonds is 8. The summed E-state index contributed by atoms with van der Waals surface area (Å²) in [6, 6.07) is 6.27. The van der Waals surface area contributed by atoms with Crippen LogP contribution < -0.4 is 10.0 Å². The van der Waals surface area contributed by atoms with Crippen LogP contribution in [-0.2, 0) is 16.0 Å². The summed E-state index contributed by atoms with van der Waals surface area (Å²) in [7, 11) is 0. The van der Waals surface area contributed by atoms with E-state index < -0.39 is 41.9 Å². The number of nitrogens with zero attached hydrogens (tertiary/aromatic N) is 4. The number of aromatic nitrogens is 4. The topological polar surface area (TPSA) is 195 Å². The second-order valence-corrected chi connectivity index (χ2v) is 7.97. The van der Waals surface area contributed by atoms with Crippen LogP contribution in [0.1, 0.15) is 17.9 Å². The van der Waals surface area contributed by atoms with Crippen molar-refractivity contribution in [3.8, 4) is 5.75 Å². The lowest BCUT2D eigenvalue weighted by Crippen LogP contribution is -2.38. The summed E-state index contributed by atoms with van der Waals surface area (Å²) in [5, 5.41) is 43.6. The summed E-state index contributed by atoms with van der Waals surface area (Å²) in [6.45, 7) is -0.0745. The maximum Gasteiger partial charge on any atom is 0.231 e. The number of phenolic OH excluding ortho intramolecular Hbond substituents is 1. The quantitative estimate of drug-likeness (QED) is 0.202. The fraction of sp³-hybridized carbons (Fsp3) is 0.389. The minimum atomic E-state index is -2.29. The number of phenols is 1. The van der Waals surface area contributed by atoms with E-state index >= 15 is 0 Å². The van der Waals surface area contributed by atoms with Gasteiger partial charge < -0.3 is 30.5 Å². The number of anilines is 1. The molecule has 1 fully saturated rings. The number of nitrogens with one attached hydrogen (secondary N) is 2. The van der Waals surface area contributed by atoms with Gasteiger partial charge in [0.15, 0.2) is 23.2 Å². The third-order valence-corrected chi connectivity index (χ3v) is 5.51. The number of ether oxygens (including phenoxy) is 1. The van der Waals surface area contributed by atoms with Gasteiger partial charge in [-0.25, -0.2) is 23.9 Å². The number of hydrogen-bond acceptors (Lipinski definition) is 10. The highest BCUT2D eigenvalue weighted by Crippen LogP contribution is 2.32. The number of aromatic hydroxyl groups is 1. The molecule has 2 aromatic heterocycles. The Balaban J connectivity index is 1.51. The Morgan fingerprint density at radius 3 is 2.78 bits per heavy atom. The highest BCUT2D eigenvalue weighted by molar-refractivity contribution is 7.77. The Morgan fingerprint density at radius 1 is 1.22 bits per heavy atom. The molecular weight excluding hydrogens is 444 g/mol. The molecule has 7 N–H and O–H groups in total. The summed E-state index contributed by atoms with van der Waals surface area (Å²) < 4.78 is 29.0. The van der Waals surface area contributed by atoms with Crippen molar-refractivity contribution in [2.75, 3.05) is 18.4 Å². The van der Waals surface area contributed by atoms with Crippen molar-refractivity contribution in [2.45, 2.75) is 30.6 Å². The van der Waals surface area contributed by atoms with Crippen molar-refractivity contribution >= 4 is 28.2 Å². The van der Waals surface area contributed by atoms with Crippen molar-refractivity contribution in [3.63, 3.8) is 0 Å². The Labute approximate surface area is 184 Å². The van der Waals surface area contributed by atoms with Gasteiger partial charge in [0.05, 0.1) is 12.4 Å². The summed E-state index contributed by atoms with van der Waals surface area (Å²) in [4.78, 5) is 12.6. The first-order valence-electron chi connectivity index (χ1n) is 9.59. The van der Waals surface area contributed by atoms with Gasteiger partial charge in [-0.1, -0.05) is 12.1 Å². The van der Waals surface area contributed by atoms with E-state index in [1.165, 1.54) is 29.4 Å². The van der Waals surface area contributed by atoms with E-state index in [0.29, 0.717) is 22.5 Å². The standard InChI is InChI=1S/C18H22N6O7S/c25-10-3-1-2-9(4-10)11(26)5-19-16-13-17(21-7-20-16)24(8-22-13)18-15(28)14(27)12(31-18)6-23-32(29)30/h1-4,7-8,11-12,14-15,18,23,25-28H,5-6H2,(H,29,30)(H,19,20,21)/t11-,12+,14+,15+,18+/m0/s1. The second kappa shape index (κ2) is 9.41. The zero-order chi connectivity index (χ0) is 22.8. The van der Waals surface area contributed by atoms with E-state index in [1.807, 2.05) is 0 Å². The molecule has 4 rings (SSSR count). The first-order valence-corrected chi connectivity index (χ1v) is 10.7. The third kappa shape index (κ3) is 4.56. The summed E-state index contributed by atoms with van der Waals surface area (Å²) in [6.07, 6.45) is -2.87. The molecule has 1 aromatic carbocycles. The summed E-state index contributed by atoms with van der Waals surface area (Å²) >= 11 is -2.29. The molecule has 0 bridgehead atoms. The molecule has 0 aliphatic carbocycles. The van der Waals surface area contributed by atoms with Crippen LogP contribution in [0.5, 0.6) is 5.75 Å². The van der Waals surface area contributed by atoms with Gasteiger partial charge >= 0.3 is 0 Å². The molecule has 3 heterocycles. The lowest BCUT2D eigenvalue weighted by molar-refractivity contribution is -0.0330. The molecule has 0 spiro atoms. The second-order valence-electron chi connectivity index (χ2n) is 7.18. The van der Waals surface area contributed by atoms with E-state index in [1.54, 1.807) is 12.1 Å². The van der Waals surface area contributed by atoms with Crippen LogP contribution in [0.3, 0.4) is 0 Å². The van der Waals surface area contributed by atoms with Gasteiger partial charge in [0.25, 0.3) is 0 Å². The van der Waals surface area contributed by atoms with Gasteiger partial charge in [-0.3, -0.25) is 9.12 Å². The molecular formula is C18H22N6O7S. The lowest BCUT2D eigenvalue weighted by Gasteiger charge is -2.17. The van der Waals surface area contributed by atoms with Crippen LogP contribution in [0.25, 0.3) is 11.2 Å². The predicted molar refractivity (Wildman–Crippen MR) is 112 cm³/mol. The molecule has 0 radical (unpaired) electrons. The van der Waals surface area contributed by atoms with Crippen molar-refractivity contribution in [1.82, 2.24) is 24.2 Å². The van der Waals surface area contributed by atoms with E-state index in [2.05, 4.69) is 25.0 Å². The number of fused-ring (bicyclic) bond motifs is 1. The van der Waals surface area contributed by atoms with Gasteiger partial charge in [0.1, 0.15) is 30.4 Å². The number of aliphatic hydroxyl groups is 3. The van der Waals surface area contributed by atoms with E-state index in [9.17, 15) is 24.6 Å². The Hall–Kier alpha value is -2.72. The third-order valence-electron chi connectivity index (χ3n) is 5.10. The van der Waals surface area contributed by atoms with Gasteiger partial charge in [-0.05, 0) is 17.7 Å². The molecule has 1 aliphatic heterocycles. The number of imidazole rings is 1. The minimum absolute atomic E-state index is 0.0424. The van der Waals surface area contributed by atoms with E-state index in [4.69, 9.17) is 9.29 Å². The molecule has 0 saturated carbocycles. The highest BCUT2D eigenvalue weighted by atomic mass is 32.2. The van der Waals surface area contributed by atoms with E-state index in [-0.39, 0.29) is 18.8 Å². The van der Waals surface area contributed by atoms with Gasteiger partial charge in [0.2, 0.25) is 11.3 Å². The van der Waals surface area contributed by atoms with Gasteiger partial charge in [-0.2, -0.15) is 0 Å².